The first kappa shape index (κ1) is 17.4. The lowest BCUT2D eigenvalue weighted by molar-refractivity contribution is 0.176. The van der Waals surface area contributed by atoms with E-state index in [2.05, 4.69) is 55.4 Å². The molecule has 0 aromatic carbocycles. The molecule has 0 aromatic heterocycles. The van der Waals surface area contributed by atoms with Crippen molar-refractivity contribution in [3.8, 4) is 0 Å². The second-order valence-corrected chi connectivity index (χ2v) is 9.79. The Bertz CT molecular complexity index is 349. The van der Waals surface area contributed by atoms with E-state index in [0.717, 1.165) is 35.5 Å². The molecule has 0 N–H and O–H groups in total. The van der Waals surface area contributed by atoms with Crippen molar-refractivity contribution >= 4 is 0 Å². The zero-order valence-corrected chi connectivity index (χ0v) is 16.0. The van der Waals surface area contributed by atoms with Crippen LogP contribution < -0.4 is 0 Å². The summed E-state index contributed by atoms with van der Waals surface area (Å²) in [6.07, 6.45) is 7.27. The zero-order valence-electron chi connectivity index (χ0n) is 16.0. The molecule has 2 saturated carbocycles. The van der Waals surface area contributed by atoms with Gasteiger partial charge in [-0.3, -0.25) is 0 Å². The Morgan fingerprint density at radius 2 is 1.71 bits per heavy atom. The highest BCUT2D eigenvalue weighted by molar-refractivity contribution is 5.07. The van der Waals surface area contributed by atoms with Crippen LogP contribution in [0.3, 0.4) is 0 Å². The average molecular weight is 293 g/mol. The van der Waals surface area contributed by atoms with Crippen molar-refractivity contribution in [1.82, 2.24) is 0 Å². The summed E-state index contributed by atoms with van der Waals surface area (Å²) in [5, 5.41) is 0. The van der Waals surface area contributed by atoms with E-state index in [1.165, 1.54) is 32.1 Å². The molecule has 0 nitrogen and oxygen atoms in total. The molecule has 0 bridgehead atoms. The molecule has 2 aliphatic carbocycles. The number of hydrogen-bond acceptors (Lipinski definition) is 0. The van der Waals surface area contributed by atoms with E-state index in [0.29, 0.717) is 10.8 Å². The van der Waals surface area contributed by atoms with Crippen LogP contribution in [0.5, 0.6) is 0 Å². The van der Waals surface area contributed by atoms with Gasteiger partial charge in [0.25, 0.3) is 0 Å². The van der Waals surface area contributed by atoms with Crippen molar-refractivity contribution in [2.24, 2.45) is 46.3 Å². The lowest BCUT2D eigenvalue weighted by atomic mass is 9.74. The molecule has 5 unspecified atom stereocenters. The fourth-order valence-electron chi connectivity index (χ4n) is 5.15. The normalized spacial score (nSPS) is 35.9. The highest BCUT2D eigenvalue weighted by Crippen LogP contribution is 2.65. The zero-order chi connectivity index (χ0) is 16.0. The van der Waals surface area contributed by atoms with Crippen molar-refractivity contribution < 1.29 is 0 Å². The fraction of sp³-hybridized carbons (Fsp3) is 1.00. The fourth-order valence-corrected chi connectivity index (χ4v) is 5.15. The average Bonchev–Trinajstić information content (AvgIpc) is 3.25. The van der Waals surface area contributed by atoms with Gasteiger partial charge in [0, 0.05) is 0 Å². The molecule has 0 aromatic rings. The molecule has 0 heteroatoms. The molecule has 0 aliphatic heterocycles. The molecule has 5 atom stereocenters. The largest absolute Gasteiger partial charge is 0.0651 e. The van der Waals surface area contributed by atoms with Crippen LogP contribution in [0, 0.1) is 46.3 Å². The van der Waals surface area contributed by atoms with Crippen LogP contribution in [0.1, 0.15) is 87.5 Å². The van der Waals surface area contributed by atoms with E-state index in [9.17, 15) is 0 Å². The van der Waals surface area contributed by atoms with Crippen LogP contribution in [-0.2, 0) is 0 Å². The molecular formula is C21H40. The SMILES string of the molecule is CCC(CCC1CC1(C)C)C1C(CC)C1C(C)(C)C(C)C. The van der Waals surface area contributed by atoms with E-state index in [-0.39, 0.29) is 0 Å². The smallest absolute Gasteiger partial charge is 0.0295 e. The Morgan fingerprint density at radius 3 is 2.10 bits per heavy atom. The van der Waals surface area contributed by atoms with Gasteiger partial charge in [0.2, 0.25) is 0 Å². The lowest BCUT2D eigenvalue weighted by Crippen LogP contribution is -2.24. The minimum Gasteiger partial charge on any atom is -0.0651 e. The van der Waals surface area contributed by atoms with E-state index in [1.54, 1.807) is 0 Å². The van der Waals surface area contributed by atoms with Gasteiger partial charge in [-0.2, -0.15) is 0 Å². The van der Waals surface area contributed by atoms with Crippen LogP contribution in [0.25, 0.3) is 0 Å². The van der Waals surface area contributed by atoms with Crippen LogP contribution in [0.2, 0.25) is 0 Å². The third-order valence-electron chi connectivity index (χ3n) is 7.72. The summed E-state index contributed by atoms with van der Waals surface area (Å²) in [5.41, 5.74) is 1.19. The number of rotatable bonds is 8. The highest BCUT2D eigenvalue weighted by Gasteiger charge is 2.59. The van der Waals surface area contributed by atoms with Crippen molar-refractivity contribution in [3.63, 3.8) is 0 Å². The van der Waals surface area contributed by atoms with E-state index in [4.69, 9.17) is 0 Å². The third kappa shape index (κ3) is 3.35. The van der Waals surface area contributed by atoms with Gasteiger partial charge in [0.05, 0.1) is 0 Å². The molecule has 0 saturated heterocycles. The van der Waals surface area contributed by atoms with E-state index >= 15 is 0 Å². The van der Waals surface area contributed by atoms with Crippen molar-refractivity contribution in [2.75, 3.05) is 0 Å². The first-order valence-corrected chi connectivity index (χ1v) is 9.66. The van der Waals surface area contributed by atoms with Gasteiger partial charge in [-0.15, -0.1) is 0 Å². The van der Waals surface area contributed by atoms with Crippen LogP contribution >= 0.6 is 0 Å². The summed E-state index contributed by atoms with van der Waals surface area (Å²) < 4.78 is 0. The van der Waals surface area contributed by atoms with Gasteiger partial charge in [0.1, 0.15) is 0 Å². The summed E-state index contributed by atoms with van der Waals surface area (Å²) in [6, 6.07) is 0. The van der Waals surface area contributed by atoms with Crippen molar-refractivity contribution in [3.05, 3.63) is 0 Å². The third-order valence-corrected chi connectivity index (χ3v) is 7.72. The second-order valence-electron chi connectivity index (χ2n) is 9.79. The minimum atomic E-state index is 0.525. The molecule has 0 amide bonds. The van der Waals surface area contributed by atoms with Gasteiger partial charge in [0.15, 0.2) is 0 Å². The molecule has 21 heavy (non-hydrogen) atoms. The van der Waals surface area contributed by atoms with E-state index in [1.807, 2.05) is 0 Å². The van der Waals surface area contributed by atoms with Gasteiger partial charge in [-0.1, -0.05) is 68.2 Å². The Kier molecular flexibility index (Phi) is 4.87. The van der Waals surface area contributed by atoms with Crippen LogP contribution in [0.4, 0.5) is 0 Å². The monoisotopic (exact) mass is 292 g/mol. The maximum atomic E-state index is 2.53. The predicted molar refractivity (Wildman–Crippen MR) is 94.3 cm³/mol. The molecule has 0 radical (unpaired) electrons. The van der Waals surface area contributed by atoms with Gasteiger partial charge in [-0.05, 0) is 65.6 Å². The standard InChI is InChI=1S/C21H40/c1-9-15(11-12-16-13-20(16,5)6)18-17(10-2)19(18)21(7,8)14(3)4/h14-19H,9-13H2,1-8H3. The first-order chi connectivity index (χ1) is 9.66. The van der Waals surface area contributed by atoms with Gasteiger partial charge in [-0.25, -0.2) is 0 Å². The Balaban J connectivity index is 1.95. The second kappa shape index (κ2) is 5.89. The molecule has 124 valence electrons. The molecule has 2 fully saturated rings. The quantitative estimate of drug-likeness (QED) is 0.462. The van der Waals surface area contributed by atoms with Crippen LogP contribution in [0.15, 0.2) is 0 Å². The summed E-state index contributed by atoms with van der Waals surface area (Å²) in [6.45, 7) is 19.7. The summed E-state index contributed by atoms with van der Waals surface area (Å²) >= 11 is 0. The molecule has 2 rings (SSSR count). The Morgan fingerprint density at radius 1 is 1.14 bits per heavy atom. The Hall–Kier alpha value is 0. The predicted octanol–water partition coefficient (Wildman–Crippen LogP) is 6.79. The molecule has 0 spiro atoms. The topological polar surface area (TPSA) is 0 Å². The van der Waals surface area contributed by atoms with Crippen molar-refractivity contribution in [1.29, 1.82) is 0 Å². The first-order valence-electron chi connectivity index (χ1n) is 9.66. The molecular weight excluding hydrogens is 252 g/mol. The van der Waals surface area contributed by atoms with Gasteiger partial charge >= 0.3 is 0 Å². The molecule has 0 heterocycles. The Labute approximate surface area is 134 Å². The van der Waals surface area contributed by atoms with Crippen LogP contribution in [-0.4, -0.2) is 0 Å². The van der Waals surface area contributed by atoms with Crippen molar-refractivity contribution in [2.45, 2.75) is 87.5 Å². The summed E-state index contributed by atoms with van der Waals surface area (Å²) in [5.74, 6) is 5.86. The number of hydrogen-bond donors (Lipinski definition) is 0. The van der Waals surface area contributed by atoms with E-state index < -0.39 is 0 Å². The maximum Gasteiger partial charge on any atom is -0.0295 e. The lowest BCUT2D eigenvalue weighted by Gasteiger charge is -2.31. The summed E-state index contributed by atoms with van der Waals surface area (Å²) in [4.78, 5) is 0. The molecule has 2 aliphatic rings. The maximum absolute atomic E-state index is 2.53. The summed E-state index contributed by atoms with van der Waals surface area (Å²) in [7, 11) is 0. The minimum absolute atomic E-state index is 0.525. The highest BCUT2D eigenvalue weighted by atomic mass is 14.6. The van der Waals surface area contributed by atoms with Gasteiger partial charge < -0.3 is 0 Å².